The van der Waals surface area contributed by atoms with Crippen molar-refractivity contribution in [2.75, 3.05) is 17.7 Å². The van der Waals surface area contributed by atoms with Gasteiger partial charge in [0.2, 0.25) is 0 Å². The van der Waals surface area contributed by atoms with Crippen molar-refractivity contribution in [2.45, 2.75) is 11.4 Å². The van der Waals surface area contributed by atoms with Crippen molar-refractivity contribution in [1.29, 1.82) is 0 Å². The zero-order valence-electron chi connectivity index (χ0n) is 12.7. The number of hydrogen-bond donors (Lipinski definition) is 1. The van der Waals surface area contributed by atoms with Gasteiger partial charge in [0.05, 0.1) is 23.1 Å². The van der Waals surface area contributed by atoms with E-state index in [0.29, 0.717) is 23.6 Å². The number of cyclic esters (lactones) is 1. The van der Waals surface area contributed by atoms with Crippen LogP contribution in [0.5, 0.6) is 0 Å². The lowest BCUT2D eigenvalue weighted by atomic mass is 10.1. The van der Waals surface area contributed by atoms with E-state index < -0.39 is 0 Å². The Hall–Kier alpha value is -2.41. The minimum absolute atomic E-state index is 0.0850. The Morgan fingerprint density at radius 2 is 2.08 bits per heavy atom. The predicted octanol–water partition coefficient (Wildman–Crippen LogP) is 3.13. The Bertz CT molecular complexity index is 735. The van der Waals surface area contributed by atoms with Crippen LogP contribution in [-0.4, -0.2) is 29.2 Å². The number of halogens is 1. The summed E-state index contributed by atoms with van der Waals surface area (Å²) in [4.78, 5) is 27.7. The van der Waals surface area contributed by atoms with Gasteiger partial charge in [-0.25, -0.2) is 9.37 Å². The Kier molecular flexibility index (Phi) is 5.10. The van der Waals surface area contributed by atoms with Gasteiger partial charge in [-0.3, -0.25) is 9.59 Å². The van der Waals surface area contributed by atoms with Crippen LogP contribution in [0.4, 0.5) is 10.1 Å². The molecule has 7 heteroatoms. The highest BCUT2D eigenvalue weighted by molar-refractivity contribution is 7.99. The molecular weight excluding hydrogens is 331 g/mol. The van der Waals surface area contributed by atoms with Gasteiger partial charge in [-0.2, -0.15) is 0 Å². The van der Waals surface area contributed by atoms with Gasteiger partial charge >= 0.3 is 5.97 Å². The van der Waals surface area contributed by atoms with Gasteiger partial charge in [-0.1, -0.05) is 0 Å². The minimum Gasteiger partial charge on any atom is -0.465 e. The maximum atomic E-state index is 12.8. The molecule has 1 aliphatic heterocycles. The molecule has 3 rings (SSSR count). The van der Waals surface area contributed by atoms with Crippen LogP contribution in [0.3, 0.4) is 0 Å². The lowest BCUT2D eigenvalue weighted by molar-refractivity contribution is -0.140. The molecule has 1 fully saturated rings. The summed E-state index contributed by atoms with van der Waals surface area (Å²) in [6.45, 7) is 0.486. The molecule has 1 aromatic carbocycles. The van der Waals surface area contributed by atoms with Crippen molar-refractivity contribution in [2.24, 2.45) is 5.92 Å². The van der Waals surface area contributed by atoms with Gasteiger partial charge in [0.25, 0.3) is 5.91 Å². The molecule has 124 valence electrons. The second-order valence-corrected chi connectivity index (χ2v) is 6.35. The molecule has 0 saturated carbocycles. The van der Waals surface area contributed by atoms with Crippen molar-refractivity contribution in [3.63, 3.8) is 0 Å². The molecule has 1 amide bonds. The monoisotopic (exact) mass is 346 g/mol. The van der Waals surface area contributed by atoms with Crippen LogP contribution < -0.4 is 5.32 Å². The molecule has 0 spiro atoms. The van der Waals surface area contributed by atoms with Gasteiger partial charge in [0.15, 0.2) is 0 Å². The van der Waals surface area contributed by atoms with E-state index in [9.17, 15) is 14.0 Å². The molecule has 1 unspecified atom stereocenters. The summed E-state index contributed by atoms with van der Waals surface area (Å²) >= 11 is 1.46. The van der Waals surface area contributed by atoms with Crippen LogP contribution in [0, 0.1) is 11.7 Å². The van der Waals surface area contributed by atoms with Crippen LogP contribution >= 0.6 is 11.8 Å². The maximum absolute atomic E-state index is 12.8. The summed E-state index contributed by atoms with van der Waals surface area (Å²) in [6.07, 6.45) is 2.22. The largest absolute Gasteiger partial charge is 0.465 e. The number of anilines is 1. The van der Waals surface area contributed by atoms with E-state index in [4.69, 9.17) is 4.74 Å². The van der Waals surface area contributed by atoms with E-state index in [1.165, 1.54) is 42.2 Å². The highest BCUT2D eigenvalue weighted by Gasteiger charge is 2.26. The highest BCUT2D eigenvalue weighted by Crippen LogP contribution is 2.24. The molecule has 1 aromatic heterocycles. The molecular formula is C17H15FN2O3S. The zero-order chi connectivity index (χ0) is 16.9. The predicted molar refractivity (Wildman–Crippen MR) is 88.4 cm³/mol. The lowest BCUT2D eigenvalue weighted by Crippen LogP contribution is -2.12. The number of amides is 1. The first kappa shape index (κ1) is 16.4. The van der Waals surface area contributed by atoms with Crippen molar-refractivity contribution in [3.05, 3.63) is 54.0 Å². The average Bonchev–Trinajstić information content (AvgIpc) is 3.00. The summed E-state index contributed by atoms with van der Waals surface area (Å²) in [5.74, 6) is -0.296. The van der Waals surface area contributed by atoms with E-state index in [-0.39, 0.29) is 23.6 Å². The SMILES string of the molecule is O=C(Nc1ccc(F)cc1)c1ccc(SCC2CCOC2=O)nc1. The summed E-state index contributed by atoms with van der Waals surface area (Å²) in [6, 6.07) is 8.95. The number of esters is 1. The number of carbonyl (C=O) groups excluding carboxylic acids is 2. The fraction of sp³-hybridized carbons (Fsp3) is 0.235. The molecule has 0 radical (unpaired) electrons. The molecule has 0 bridgehead atoms. The lowest BCUT2D eigenvalue weighted by Gasteiger charge is -2.07. The van der Waals surface area contributed by atoms with Crippen molar-refractivity contribution in [1.82, 2.24) is 4.98 Å². The Morgan fingerprint density at radius 1 is 1.29 bits per heavy atom. The number of aromatic nitrogens is 1. The molecule has 2 heterocycles. The van der Waals surface area contributed by atoms with Gasteiger partial charge in [0.1, 0.15) is 5.82 Å². The van der Waals surface area contributed by atoms with Gasteiger partial charge < -0.3 is 10.1 Å². The molecule has 1 saturated heterocycles. The number of nitrogens with one attached hydrogen (secondary N) is 1. The van der Waals surface area contributed by atoms with Crippen molar-refractivity contribution in [3.8, 4) is 0 Å². The second-order valence-electron chi connectivity index (χ2n) is 5.31. The van der Waals surface area contributed by atoms with Crippen LogP contribution in [-0.2, 0) is 9.53 Å². The molecule has 1 atom stereocenters. The van der Waals surface area contributed by atoms with Crippen LogP contribution in [0.15, 0.2) is 47.6 Å². The first-order valence-electron chi connectivity index (χ1n) is 7.44. The quantitative estimate of drug-likeness (QED) is 0.665. The average molecular weight is 346 g/mol. The third-order valence-corrected chi connectivity index (χ3v) is 4.68. The molecule has 5 nitrogen and oxygen atoms in total. The van der Waals surface area contributed by atoms with Crippen molar-refractivity contribution < 1.29 is 18.7 Å². The van der Waals surface area contributed by atoms with E-state index in [2.05, 4.69) is 10.3 Å². The Labute approximate surface area is 142 Å². The highest BCUT2D eigenvalue weighted by atomic mass is 32.2. The standard InChI is InChI=1S/C17H15FN2O3S/c18-13-2-4-14(5-3-13)20-16(21)11-1-6-15(19-9-11)24-10-12-7-8-23-17(12)22/h1-6,9,12H,7-8,10H2,(H,20,21). The fourth-order valence-corrected chi connectivity index (χ4v) is 3.18. The summed E-state index contributed by atoms with van der Waals surface area (Å²) in [7, 11) is 0. The molecule has 0 aliphatic carbocycles. The number of carbonyl (C=O) groups is 2. The first-order chi connectivity index (χ1) is 11.6. The number of hydrogen-bond acceptors (Lipinski definition) is 5. The fourth-order valence-electron chi connectivity index (χ4n) is 2.21. The third-order valence-electron chi connectivity index (χ3n) is 3.58. The van der Waals surface area contributed by atoms with Crippen LogP contribution in [0.2, 0.25) is 0 Å². The Morgan fingerprint density at radius 3 is 2.71 bits per heavy atom. The number of rotatable bonds is 5. The van der Waals surface area contributed by atoms with E-state index >= 15 is 0 Å². The molecule has 1 N–H and O–H groups in total. The van der Waals surface area contributed by atoms with Gasteiger partial charge in [-0.05, 0) is 42.8 Å². The van der Waals surface area contributed by atoms with Gasteiger partial charge in [-0.15, -0.1) is 11.8 Å². The van der Waals surface area contributed by atoms with Crippen molar-refractivity contribution >= 4 is 29.3 Å². The summed E-state index contributed by atoms with van der Waals surface area (Å²) < 4.78 is 17.8. The zero-order valence-corrected chi connectivity index (χ0v) is 13.5. The minimum atomic E-state index is -0.359. The van der Waals surface area contributed by atoms with E-state index in [1.807, 2.05) is 0 Å². The molecule has 1 aliphatic rings. The first-order valence-corrected chi connectivity index (χ1v) is 8.43. The number of nitrogens with zero attached hydrogens (tertiary/aromatic N) is 1. The number of ether oxygens (including phenoxy) is 1. The number of thioether (sulfide) groups is 1. The van der Waals surface area contributed by atoms with E-state index in [1.54, 1.807) is 12.1 Å². The summed E-state index contributed by atoms with van der Waals surface area (Å²) in [5.41, 5.74) is 0.920. The normalized spacial score (nSPS) is 16.7. The number of pyridine rings is 1. The smallest absolute Gasteiger partial charge is 0.309 e. The van der Waals surface area contributed by atoms with Gasteiger partial charge in [0, 0.05) is 17.6 Å². The number of benzene rings is 1. The van der Waals surface area contributed by atoms with Crippen LogP contribution in [0.1, 0.15) is 16.8 Å². The second kappa shape index (κ2) is 7.44. The van der Waals surface area contributed by atoms with Crippen LogP contribution in [0.25, 0.3) is 0 Å². The maximum Gasteiger partial charge on any atom is 0.309 e. The third kappa shape index (κ3) is 4.11. The topological polar surface area (TPSA) is 68.3 Å². The summed E-state index contributed by atoms with van der Waals surface area (Å²) in [5, 5.41) is 3.42. The Balaban J connectivity index is 1.56. The van der Waals surface area contributed by atoms with E-state index in [0.717, 1.165) is 11.4 Å². The molecule has 2 aromatic rings. The molecule has 24 heavy (non-hydrogen) atoms.